The molecule has 7 heteroatoms. The standard InChI is InChI=1S/C25H27BrClNO4/c1-29-22-8-7-17(12-23(22)30-2)9-10-28-15-19-13-24(31-3)25(14-21(19)26)32-16-18-5-4-6-20(27)11-18/h4-8,11-14,28H,9-10,15-16H2,1-3H3. The molecule has 170 valence electrons. The fraction of sp³-hybridized carbons (Fsp3) is 0.280. The van der Waals surface area contributed by atoms with Crippen molar-refractivity contribution in [2.24, 2.45) is 0 Å². The minimum absolute atomic E-state index is 0.409. The third-order valence-electron chi connectivity index (χ3n) is 4.97. The van der Waals surface area contributed by atoms with Crippen LogP contribution < -0.4 is 24.3 Å². The number of rotatable bonds is 11. The van der Waals surface area contributed by atoms with Gasteiger partial charge < -0.3 is 24.3 Å². The van der Waals surface area contributed by atoms with Crippen molar-refractivity contribution in [3.8, 4) is 23.0 Å². The number of ether oxygens (including phenoxy) is 4. The van der Waals surface area contributed by atoms with E-state index in [0.29, 0.717) is 29.7 Å². The SMILES string of the molecule is COc1ccc(CCNCc2cc(OC)c(OCc3cccc(Cl)c3)cc2Br)cc1OC. The zero-order valence-corrected chi connectivity index (χ0v) is 20.8. The van der Waals surface area contributed by atoms with Gasteiger partial charge in [-0.1, -0.05) is 45.7 Å². The van der Waals surface area contributed by atoms with E-state index in [1.807, 2.05) is 54.6 Å². The molecule has 0 atom stereocenters. The molecule has 0 unspecified atom stereocenters. The molecule has 32 heavy (non-hydrogen) atoms. The molecule has 3 aromatic carbocycles. The van der Waals surface area contributed by atoms with Crippen molar-refractivity contribution in [2.75, 3.05) is 27.9 Å². The molecule has 0 aliphatic carbocycles. The molecule has 0 radical (unpaired) electrons. The van der Waals surface area contributed by atoms with E-state index in [0.717, 1.165) is 40.1 Å². The molecule has 0 amide bonds. The van der Waals surface area contributed by atoms with E-state index in [-0.39, 0.29) is 0 Å². The van der Waals surface area contributed by atoms with Gasteiger partial charge >= 0.3 is 0 Å². The van der Waals surface area contributed by atoms with Gasteiger partial charge in [-0.3, -0.25) is 0 Å². The topological polar surface area (TPSA) is 49.0 Å². The van der Waals surface area contributed by atoms with Gasteiger partial charge in [-0.15, -0.1) is 0 Å². The second-order valence-corrected chi connectivity index (χ2v) is 8.42. The van der Waals surface area contributed by atoms with E-state index in [4.69, 9.17) is 30.5 Å². The van der Waals surface area contributed by atoms with Crippen LogP contribution >= 0.6 is 27.5 Å². The van der Waals surface area contributed by atoms with Gasteiger partial charge in [0.1, 0.15) is 6.61 Å². The van der Waals surface area contributed by atoms with Crippen LogP contribution in [0.15, 0.2) is 59.1 Å². The largest absolute Gasteiger partial charge is 0.493 e. The van der Waals surface area contributed by atoms with E-state index in [1.54, 1.807) is 21.3 Å². The van der Waals surface area contributed by atoms with Crippen molar-refractivity contribution < 1.29 is 18.9 Å². The van der Waals surface area contributed by atoms with Crippen LogP contribution in [0.1, 0.15) is 16.7 Å². The lowest BCUT2D eigenvalue weighted by molar-refractivity contribution is 0.284. The summed E-state index contributed by atoms with van der Waals surface area (Å²) in [5, 5.41) is 4.17. The first-order chi connectivity index (χ1) is 15.5. The number of benzene rings is 3. The van der Waals surface area contributed by atoms with Crippen molar-refractivity contribution in [1.29, 1.82) is 0 Å². The number of halogens is 2. The van der Waals surface area contributed by atoms with Crippen LogP contribution in [0, 0.1) is 0 Å². The van der Waals surface area contributed by atoms with Crippen LogP contribution in [-0.2, 0) is 19.6 Å². The Kier molecular flexibility index (Phi) is 9.09. The monoisotopic (exact) mass is 519 g/mol. The highest BCUT2D eigenvalue weighted by molar-refractivity contribution is 9.10. The van der Waals surface area contributed by atoms with E-state index in [9.17, 15) is 0 Å². The maximum absolute atomic E-state index is 6.05. The van der Waals surface area contributed by atoms with Crippen molar-refractivity contribution in [3.63, 3.8) is 0 Å². The Balaban J connectivity index is 1.57. The molecule has 0 aromatic heterocycles. The third-order valence-corrected chi connectivity index (χ3v) is 5.94. The van der Waals surface area contributed by atoms with Gasteiger partial charge in [0, 0.05) is 16.0 Å². The fourth-order valence-corrected chi connectivity index (χ4v) is 3.94. The number of hydrogen-bond donors (Lipinski definition) is 1. The highest BCUT2D eigenvalue weighted by atomic mass is 79.9. The summed E-state index contributed by atoms with van der Waals surface area (Å²) in [6.07, 6.45) is 0.871. The summed E-state index contributed by atoms with van der Waals surface area (Å²) >= 11 is 9.71. The zero-order chi connectivity index (χ0) is 22.9. The fourth-order valence-electron chi connectivity index (χ4n) is 3.26. The Morgan fingerprint density at radius 2 is 1.56 bits per heavy atom. The first kappa shape index (κ1) is 24.2. The summed E-state index contributed by atoms with van der Waals surface area (Å²) in [7, 11) is 4.93. The van der Waals surface area contributed by atoms with Gasteiger partial charge in [-0.2, -0.15) is 0 Å². The van der Waals surface area contributed by atoms with Gasteiger partial charge in [-0.25, -0.2) is 0 Å². The van der Waals surface area contributed by atoms with E-state index in [1.165, 1.54) is 5.56 Å². The van der Waals surface area contributed by atoms with Gasteiger partial charge in [0.05, 0.1) is 21.3 Å². The zero-order valence-electron chi connectivity index (χ0n) is 18.4. The maximum atomic E-state index is 6.05. The van der Waals surface area contributed by atoms with Gasteiger partial charge in [0.25, 0.3) is 0 Å². The summed E-state index contributed by atoms with van der Waals surface area (Å²) in [4.78, 5) is 0. The predicted molar refractivity (Wildman–Crippen MR) is 131 cm³/mol. The number of methoxy groups -OCH3 is 3. The summed E-state index contributed by atoms with van der Waals surface area (Å²) in [6.45, 7) is 1.92. The molecule has 0 aliphatic rings. The molecule has 0 bridgehead atoms. The molecular weight excluding hydrogens is 494 g/mol. The summed E-state index contributed by atoms with van der Waals surface area (Å²) in [5.41, 5.74) is 3.26. The van der Waals surface area contributed by atoms with Crippen LogP contribution in [0.3, 0.4) is 0 Å². The van der Waals surface area contributed by atoms with Gasteiger partial charge in [0.2, 0.25) is 0 Å². The Bertz CT molecular complexity index is 1040. The van der Waals surface area contributed by atoms with Crippen LogP contribution in [0.2, 0.25) is 5.02 Å². The molecule has 3 aromatic rings. The Hall–Kier alpha value is -2.41. The van der Waals surface area contributed by atoms with Crippen LogP contribution in [0.5, 0.6) is 23.0 Å². The average Bonchev–Trinajstić information content (AvgIpc) is 2.81. The number of nitrogens with one attached hydrogen (secondary N) is 1. The Labute approximate surface area is 202 Å². The lowest BCUT2D eigenvalue weighted by Gasteiger charge is -2.15. The first-order valence-electron chi connectivity index (χ1n) is 10.2. The quantitative estimate of drug-likeness (QED) is 0.312. The summed E-state index contributed by atoms with van der Waals surface area (Å²) < 4.78 is 23.1. The number of hydrogen-bond acceptors (Lipinski definition) is 5. The van der Waals surface area contributed by atoms with Gasteiger partial charge in [-0.05, 0) is 66.1 Å². The maximum Gasteiger partial charge on any atom is 0.162 e. The lowest BCUT2D eigenvalue weighted by Crippen LogP contribution is -2.17. The summed E-state index contributed by atoms with van der Waals surface area (Å²) in [6, 6.07) is 17.5. The molecular formula is C25H27BrClNO4. The van der Waals surface area contributed by atoms with Crippen molar-refractivity contribution in [1.82, 2.24) is 5.32 Å². The van der Waals surface area contributed by atoms with Crippen LogP contribution in [0.25, 0.3) is 0 Å². The van der Waals surface area contributed by atoms with E-state index in [2.05, 4.69) is 21.2 Å². The summed E-state index contributed by atoms with van der Waals surface area (Å²) in [5.74, 6) is 2.84. The van der Waals surface area contributed by atoms with E-state index >= 15 is 0 Å². The minimum atomic E-state index is 0.409. The minimum Gasteiger partial charge on any atom is -0.493 e. The van der Waals surface area contributed by atoms with Crippen molar-refractivity contribution in [3.05, 3.63) is 80.8 Å². The smallest absolute Gasteiger partial charge is 0.162 e. The molecule has 1 N–H and O–H groups in total. The van der Waals surface area contributed by atoms with Crippen LogP contribution in [-0.4, -0.2) is 27.9 Å². The molecule has 0 spiro atoms. The Morgan fingerprint density at radius 3 is 2.28 bits per heavy atom. The lowest BCUT2D eigenvalue weighted by atomic mass is 10.1. The average molecular weight is 521 g/mol. The van der Waals surface area contributed by atoms with Crippen molar-refractivity contribution in [2.45, 2.75) is 19.6 Å². The third kappa shape index (κ3) is 6.55. The normalized spacial score (nSPS) is 10.7. The predicted octanol–water partition coefficient (Wildman–Crippen LogP) is 6.04. The highest BCUT2D eigenvalue weighted by Gasteiger charge is 2.11. The second kappa shape index (κ2) is 12.0. The molecule has 0 aliphatic heterocycles. The van der Waals surface area contributed by atoms with Crippen molar-refractivity contribution >= 4 is 27.5 Å². The molecule has 3 rings (SSSR count). The molecule has 5 nitrogen and oxygen atoms in total. The molecule has 0 saturated carbocycles. The molecule has 0 fully saturated rings. The van der Waals surface area contributed by atoms with Gasteiger partial charge in [0.15, 0.2) is 23.0 Å². The highest BCUT2D eigenvalue weighted by Crippen LogP contribution is 2.34. The second-order valence-electron chi connectivity index (χ2n) is 7.13. The van der Waals surface area contributed by atoms with Crippen LogP contribution in [0.4, 0.5) is 0 Å². The van der Waals surface area contributed by atoms with E-state index < -0.39 is 0 Å². The molecule has 0 saturated heterocycles. The first-order valence-corrected chi connectivity index (χ1v) is 11.4. The Morgan fingerprint density at radius 1 is 0.812 bits per heavy atom. The molecule has 0 heterocycles.